The minimum absolute atomic E-state index is 0.0812. The zero-order valence-electron chi connectivity index (χ0n) is 16.1. The van der Waals surface area contributed by atoms with Crippen LogP contribution in [0.5, 0.6) is 0 Å². The Balaban J connectivity index is 1.25. The number of hydrogen-bond donors (Lipinski definition) is 2. The number of aromatic nitrogens is 2. The zero-order chi connectivity index (χ0) is 17.9. The van der Waals surface area contributed by atoms with Crippen molar-refractivity contribution in [2.24, 2.45) is 5.92 Å². The van der Waals surface area contributed by atoms with Crippen molar-refractivity contribution in [3.8, 4) is 0 Å². The fourth-order valence-corrected chi connectivity index (χ4v) is 5.00. The summed E-state index contributed by atoms with van der Waals surface area (Å²) in [6.07, 6.45) is 10.3. The van der Waals surface area contributed by atoms with Gasteiger partial charge in [-0.15, -0.1) is 0 Å². The number of carbonyl (C=O) groups is 1. The second kappa shape index (κ2) is 7.99. The zero-order valence-corrected chi connectivity index (χ0v) is 16.1. The van der Waals surface area contributed by atoms with Crippen LogP contribution in [0.1, 0.15) is 62.2 Å². The van der Waals surface area contributed by atoms with Crippen LogP contribution in [0.3, 0.4) is 0 Å². The van der Waals surface area contributed by atoms with Gasteiger partial charge in [-0.3, -0.25) is 0 Å². The molecule has 2 aliphatic heterocycles. The Bertz CT molecular complexity index is 622. The summed E-state index contributed by atoms with van der Waals surface area (Å²) in [5.41, 5.74) is 2.23. The molecule has 6 heteroatoms. The van der Waals surface area contributed by atoms with E-state index in [0.29, 0.717) is 12.5 Å². The summed E-state index contributed by atoms with van der Waals surface area (Å²) in [6.45, 7) is 6.62. The molecule has 1 aromatic heterocycles. The third kappa shape index (κ3) is 4.05. The van der Waals surface area contributed by atoms with Crippen LogP contribution >= 0.6 is 0 Å². The maximum absolute atomic E-state index is 12.6. The lowest BCUT2D eigenvalue weighted by atomic mass is 9.90. The summed E-state index contributed by atoms with van der Waals surface area (Å²) in [5.74, 6) is 1.55. The van der Waals surface area contributed by atoms with Crippen LogP contribution in [0.2, 0.25) is 0 Å². The van der Waals surface area contributed by atoms with Crippen LogP contribution < -0.4 is 5.32 Å². The lowest BCUT2D eigenvalue weighted by molar-refractivity contribution is 0.0976. The summed E-state index contributed by atoms with van der Waals surface area (Å²) >= 11 is 0. The molecule has 0 unspecified atom stereocenters. The van der Waals surface area contributed by atoms with E-state index in [0.717, 1.165) is 49.3 Å². The standard InChI is InChI=1S/C20H33N5O/c1-15-22-18-9-11-25(14-19(18)23-15)20(26)21-12-16-6-5-10-24(13-16)17-7-3-2-4-8-17/h16-17H,2-14H2,1H3,(H,21,26)(H,22,23)/t16-/m0/s1. The Morgan fingerprint density at radius 1 is 1.19 bits per heavy atom. The average Bonchev–Trinajstić information content (AvgIpc) is 3.06. The number of nitrogens with one attached hydrogen (secondary N) is 2. The molecule has 2 fully saturated rings. The number of hydrogen-bond acceptors (Lipinski definition) is 3. The first-order valence-electron chi connectivity index (χ1n) is 10.5. The maximum Gasteiger partial charge on any atom is 0.317 e. The minimum atomic E-state index is 0.0812. The number of nitrogens with zero attached hydrogens (tertiary/aromatic N) is 3. The smallest absolute Gasteiger partial charge is 0.317 e. The van der Waals surface area contributed by atoms with Crippen molar-refractivity contribution in [3.63, 3.8) is 0 Å². The van der Waals surface area contributed by atoms with Gasteiger partial charge in [-0.2, -0.15) is 0 Å². The fraction of sp³-hybridized carbons (Fsp3) is 0.800. The minimum Gasteiger partial charge on any atom is -0.344 e. The Morgan fingerprint density at radius 2 is 2.04 bits per heavy atom. The molecule has 3 heterocycles. The number of rotatable bonds is 3. The van der Waals surface area contributed by atoms with E-state index in [-0.39, 0.29) is 6.03 Å². The summed E-state index contributed by atoms with van der Waals surface area (Å²) in [6, 6.07) is 0.879. The predicted molar refractivity (Wildman–Crippen MR) is 102 cm³/mol. The van der Waals surface area contributed by atoms with E-state index in [2.05, 4.69) is 20.2 Å². The molecule has 1 atom stereocenters. The molecule has 6 nitrogen and oxygen atoms in total. The first-order valence-corrected chi connectivity index (χ1v) is 10.5. The van der Waals surface area contributed by atoms with E-state index in [9.17, 15) is 4.79 Å². The monoisotopic (exact) mass is 359 g/mol. The summed E-state index contributed by atoms with van der Waals surface area (Å²) in [5, 5.41) is 3.21. The van der Waals surface area contributed by atoms with Gasteiger partial charge >= 0.3 is 6.03 Å². The molecular weight excluding hydrogens is 326 g/mol. The Morgan fingerprint density at radius 3 is 2.88 bits per heavy atom. The number of piperidine rings is 1. The Kier molecular flexibility index (Phi) is 5.48. The quantitative estimate of drug-likeness (QED) is 0.872. The molecule has 3 aliphatic rings. The fourth-order valence-electron chi connectivity index (χ4n) is 5.00. The lowest BCUT2D eigenvalue weighted by Gasteiger charge is -2.40. The maximum atomic E-state index is 12.6. The van der Waals surface area contributed by atoms with E-state index in [1.807, 2.05) is 11.8 Å². The van der Waals surface area contributed by atoms with Crippen LogP contribution in [-0.4, -0.2) is 58.0 Å². The molecule has 0 bridgehead atoms. The van der Waals surface area contributed by atoms with Crippen LogP contribution in [-0.2, 0) is 13.0 Å². The number of carbonyl (C=O) groups excluding carboxylic acids is 1. The normalized spacial score (nSPS) is 25.1. The summed E-state index contributed by atoms with van der Waals surface area (Å²) in [4.78, 5) is 25.0. The Labute approximate surface area is 156 Å². The number of aryl methyl sites for hydroxylation is 1. The molecular formula is C20H33N5O. The van der Waals surface area contributed by atoms with Crippen molar-refractivity contribution in [1.82, 2.24) is 25.1 Å². The number of amides is 2. The van der Waals surface area contributed by atoms with Gasteiger partial charge in [0.2, 0.25) is 0 Å². The third-order valence-electron chi connectivity index (χ3n) is 6.42. The van der Waals surface area contributed by atoms with E-state index in [1.165, 1.54) is 51.5 Å². The topological polar surface area (TPSA) is 64.3 Å². The molecule has 0 spiro atoms. The van der Waals surface area contributed by atoms with Crippen molar-refractivity contribution >= 4 is 6.03 Å². The highest BCUT2D eigenvalue weighted by molar-refractivity contribution is 5.74. The Hall–Kier alpha value is -1.56. The molecule has 144 valence electrons. The molecule has 1 saturated carbocycles. The number of aromatic amines is 1. The molecule has 0 aromatic carbocycles. The van der Waals surface area contributed by atoms with E-state index < -0.39 is 0 Å². The van der Waals surface area contributed by atoms with Gasteiger partial charge in [-0.25, -0.2) is 9.78 Å². The number of fused-ring (bicyclic) bond motifs is 1. The SMILES string of the molecule is Cc1nc2c([nH]1)CN(C(=O)NC[C@@H]1CCCN(C3CCCCC3)C1)CC2. The van der Waals surface area contributed by atoms with Crippen LogP contribution in [0.25, 0.3) is 0 Å². The van der Waals surface area contributed by atoms with E-state index >= 15 is 0 Å². The van der Waals surface area contributed by atoms with Gasteiger partial charge in [0, 0.05) is 32.1 Å². The lowest BCUT2D eigenvalue weighted by Crippen LogP contribution is -2.48. The highest BCUT2D eigenvalue weighted by Gasteiger charge is 2.28. The number of likely N-dealkylation sites (tertiary alicyclic amines) is 1. The van der Waals surface area contributed by atoms with Crippen molar-refractivity contribution in [2.45, 2.75) is 70.9 Å². The molecule has 26 heavy (non-hydrogen) atoms. The summed E-state index contributed by atoms with van der Waals surface area (Å²) < 4.78 is 0. The van der Waals surface area contributed by atoms with Gasteiger partial charge in [-0.1, -0.05) is 19.3 Å². The van der Waals surface area contributed by atoms with Crippen LogP contribution in [0, 0.1) is 12.8 Å². The van der Waals surface area contributed by atoms with Crippen molar-refractivity contribution in [1.29, 1.82) is 0 Å². The predicted octanol–water partition coefficient (Wildman–Crippen LogP) is 2.83. The van der Waals surface area contributed by atoms with Gasteiger partial charge in [-0.05, 0) is 45.1 Å². The van der Waals surface area contributed by atoms with Crippen LogP contribution in [0.15, 0.2) is 0 Å². The largest absolute Gasteiger partial charge is 0.344 e. The first-order chi connectivity index (χ1) is 12.7. The molecule has 0 radical (unpaired) electrons. The van der Waals surface area contributed by atoms with Gasteiger partial charge in [0.25, 0.3) is 0 Å². The molecule has 4 rings (SSSR count). The van der Waals surface area contributed by atoms with Crippen molar-refractivity contribution in [3.05, 3.63) is 17.2 Å². The van der Waals surface area contributed by atoms with Crippen molar-refractivity contribution in [2.75, 3.05) is 26.2 Å². The molecule has 1 aromatic rings. The second-order valence-corrected chi connectivity index (χ2v) is 8.40. The third-order valence-corrected chi connectivity index (χ3v) is 6.42. The van der Waals surface area contributed by atoms with Crippen molar-refractivity contribution < 1.29 is 4.79 Å². The first kappa shape index (κ1) is 17.8. The molecule has 2 amide bonds. The van der Waals surface area contributed by atoms with Gasteiger partial charge < -0.3 is 20.1 Å². The van der Waals surface area contributed by atoms with Gasteiger partial charge in [0.05, 0.1) is 17.9 Å². The van der Waals surface area contributed by atoms with Crippen LogP contribution in [0.4, 0.5) is 4.79 Å². The average molecular weight is 360 g/mol. The molecule has 2 N–H and O–H groups in total. The highest BCUT2D eigenvalue weighted by atomic mass is 16.2. The molecule has 1 aliphatic carbocycles. The van der Waals surface area contributed by atoms with E-state index in [4.69, 9.17) is 0 Å². The summed E-state index contributed by atoms with van der Waals surface area (Å²) in [7, 11) is 0. The van der Waals surface area contributed by atoms with Gasteiger partial charge in [0.1, 0.15) is 5.82 Å². The number of urea groups is 1. The highest BCUT2D eigenvalue weighted by Crippen LogP contribution is 2.27. The second-order valence-electron chi connectivity index (χ2n) is 8.40. The number of imidazole rings is 1. The van der Waals surface area contributed by atoms with Gasteiger partial charge in [0.15, 0.2) is 0 Å². The molecule has 1 saturated heterocycles. The van der Waals surface area contributed by atoms with E-state index in [1.54, 1.807) is 0 Å². The number of H-pyrrole nitrogens is 1.